The molecule has 0 radical (unpaired) electrons. The summed E-state index contributed by atoms with van der Waals surface area (Å²) in [6, 6.07) is 0. The molecule has 0 fully saturated rings. The Morgan fingerprint density at radius 1 is 1.30 bits per heavy atom. The average Bonchev–Trinajstić information content (AvgIpc) is 2.46. The van der Waals surface area contributed by atoms with Gasteiger partial charge in [-0.05, 0) is 32.1 Å². The van der Waals surface area contributed by atoms with Crippen LogP contribution in [0, 0.1) is 5.92 Å². The van der Waals surface area contributed by atoms with E-state index in [4.69, 9.17) is 9.57 Å². The van der Waals surface area contributed by atoms with E-state index in [0.717, 1.165) is 38.5 Å². The highest BCUT2D eigenvalue weighted by atomic mass is 16.7. The molecule has 2 atom stereocenters. The molecule has 0 saturated heterocycles. The van der Waals surface area contributed by atoms with E-state index < -0.39 is 0 Å². The van der Waals surface area contributed by atoms with Crippen LogP contribution in [0.15, 0.2) is 5.16 Å². The molecule has 4 nitrogen and oxygen atoms in total. The van der Waals surface area contributed by atoms with Crippen LogP contribution in [0.25, 0.3) is 0 Å². The maximum absolute atomic E-state index is 11.6. The van der Waals surface area contributed by atoms with Crippen molar-refractivity contribution < 1.29 is 14.4 Å². The van der Waals surface area contributed by atoms with E-state index in [2.05, 4.69) is 19.0 Å². The van der Waals surface area contributed by atoms with Gasteiger partial charge >= 0.3 is 0 Å². The zero-order valence-corrected chi connectivity index (χ0v) is 13.2. The summed E-state index contributed by atoms with van der Waals surface area (Å²) >= 11 is 0. The van der Waals surface area contributed by atoms with E-state index in [1.807, 2.05) is 6.92 Å². The predicted molar refractivity (Wildman–Crippen MR) is 80.7 cm³/mol. The first kappa shape index (κ1) is 17.0. The van der Waals surface area contributed by atoms with Crippen LogP contribution in [-0.4, -0.2) is 24.4 Å². The number of carbonyl (C=O) groups excluding carboxylic acids is 1. The van der Waals surface area contributed by atoms with Crippen LogP contribution in [0.5, 0.6) is 0 Å². The van der Waals surface area contributed by atoms with E-state index in [0.29, 0.717) is 31.1 Å². The Balaban J connectivity index is 2.43. The van der Waals surface area contributed by atoms with Gasteiger partial charge in [0.15, 0.2) is 6.61 Å². The number of carbonyl (C=O) groups is 1. The molecule has 2 unspecified atom stereocenters. The van der Waals surface area contributed by atoms with Gasteiger partial charge in [0, 0.05) is 18.8 Å². The molecule has 0 aromatic rings. The molecule has 1 rings (SSSR count). The number of hydrogen-bond acceptors (Lipinski definition) is 4. The van der Waals surface area contributed by atoms with Gasteiger partial charge in [0.1, 0.15) is 11.9 Å². The zero-order valence-electron chi connectivity index (χ0n) is 13.2. The second-order valence-electron chi connectivity index (χ2n) is 5.54. The van der Waals surface area contributed by atoms with Crippen LogP contribution in [0.2, 0.25) is 0 Å². The smallest absolute Gasteiger partial charge is 0.229 e. The molecule has 0 amide bonds. The lowest BCUT2D eigenvalue weighted by atomic mass is 9.97. The van der Waals surface area contributed by atoms with Gasteiger partial charge in [0.2, 0.25) is 5.90 Å². The summed E-state index contributed by atoms with van der Waals surface area (Å²) < 4.78 is 5.95. The topological polar surface area (TPSA) is 47.9 Å². The molecule has 1 aliphatic rings. The monoisotopic (exact) mass is 283 g/mol. The first-order valence-electron chi connectivity index (χ1n) is 8.09. The summed E-state index contributed by atoms with van der Waals surface area (Å²) in [6.45, 7) is 6.87. The summed E-state index contributed by atoms with van der Waals surface area (Å²) in [6.07, 6.45) is 7.43. The molecule has 0 aromatic heterocycles. The molecule has 0 N–H and O–H groups in total. The van der Waals surface area contributed by atoms with Crippen molar-refractivity contribution in [3.05, 3.63) is 0 Å². The molecule has 20 heavy (non-hydrogen) atoms. The number of unbranched alkanes of at least 4 members (excludes halogenated alkanes) is 1. The molecule has 0 spiro atoms. The van der Waals surface area contributed by atoms with Gasteiger partial charge in [-0.15, -0.1) is 0 Å². The Morgan fingerprint density at radius 3 is 2.75 bits per heavy atom. The quantitative estimate of drug-likeness (QED) is 0.607. The van der Waals surface area contributed by atoms with Gasteiger partial charge in [0.25, 0.3) is 0 Å². The normalized spacial score (nSPS) is 19.8. The highest BCUT2D eigenvalue weighted by Gasteiger charge is 2.25. The summed E-state index contributed by atoms with van der Waals surface area (Å²) in [5.74, 6) is 1.25. The Bertz CT molecular complexity index is 315. The van der Waals surface area contributed by atoms with Crippen molar-refractivity contribution in [2.24, 2.45) is 11.1 Å². The van der Waals surface area contributed by atoms with Crippen LogP contribution in [-0.2, 0) is 14.4 Å². The number of Topliss-reactive ketones (excluding diaryl/α,β-unsaturated/α-hetero) is 1. The highest BCUT2D eigenvalue weighted by molar-refractivity contribution is 5.81. The lowest BCUT2D eigenvalue weighted by molar-refractivity contribution is -0.119. The van der Waals surface area contributed by atoms with Crippen molar-refractivity contribution in [3.63, 3.8) is 0 Å². The Hall–Kier alpha value is -1.06. The highest BCUT2D eigenvalue weighted by Crippen LogP contribution is 2.21. The third kappa shape index (κ3) is 5.93. The van der Waals surface area contributed by atoms with Crippen LogP contribution >= 0.6 is 0 Å². The third-order valence-electron chi connectivity index (χ3n) is 3.72. The molecular formula is C16H29NO3. The summed E-state index contributed by atoms with van der Waals surface area (Å²) in [5, 5.41) is 4.07. The summed E-state index contributed by atoms with van der Waals surface area (Å²) in [7, 11) is 0. The molecule has 1 heterocycles. The van der Waals surface area contributed by atoms with Crippen molar-refractivity contribution in [1.82, 2.24) is 0 Å². The van der Waals surface area contributed by atoms with Gasteiger partial charge in [-0.1, -0.05) is 32.3 Å². The Morgan fingerprint density at radius 2 is 2.10 bits per heavy atom. The first-order chi connectivity index (χ1) is 9.71. The van der Waals surface area contributed by atoms with Gasteiger partial charge in [-0.2, -0.15) is 0 Å². The minimum absolute atomic E-state index is 0.128. The average molecular weight is 283 g/mol. The fourth-order valence-electron chi connectivity index (χ4n) is 2.40. The second kappa shape index (κ2) is 9.78. The fraction of sp³-hybridized carbons (Fsp3) is 0.875. The summed E-state index contributed by atoms with van der Waals surface area (Å²) in [4.78, 5) is 16.9. The lowest BCUT2D eigenvalue weighted by Gasteiger charge is -2.26. The molecule has 0 aromatic carbocycles. The van der Waals surface area contributed by atoms with Crippen molar-refractivity contribution in [2.45, 2.75) is 78.2 Å². The van der Waals surface area contributed by atoms with Crippen molar-refractivity contribution in [1.29, 1.82) is 0 Å². The number of hydrogen-bond donors (Lipinski definition) is 0. The van der Waals surface area contributed by atoms with E-state index in [1.165, 1.54) is 0 Å². The largest absolute Gasteiger partial charge is 0.471 e. The van der Waals surface area contributed by atoms with Crippen molar-refractivity contribution in [2.75, 3.05) is 6.61 Å². The lowest BCUT2D eigenvalue weighted by Crippen LogP contribution is -2.32. The van der Waals surface area contributed by atoms with E-state index in [9.17, 15) is 4.79 Å². The maximum atomic E-state index is 11.6. The Labute approximate surface area is 122 Å². The van der Waals surface area contributed by atoms with Gasteiger partial charge in [-0.3, -0.25) is 4.79 Å². The van der Waals surface area contributed by atoms with E-state index >= 15 is 0 Å². The van der Waals surface area contributed by atoms with Gasteiger partial charge < -0.3 is 9.57 Å². The van der Waals surface area contributed by atoms with E-state index in [-0.39, 0.29) is 12.0 Å². The van der Waals surface area contributed by atoms with Gasteiger partial charge in [-0.25, -0.2) is 0 Å². The number of nitrogens with zero attached hydrogens (tertiary/aromatic N) is 1. The minimum Gasteiger partial charge on any atom is -0.471 e. The zero-order chi connectivity index (χ0) is 14.8. The maximum Gasteiger partial charge on any atom is 0.229 e. The van der Waals surface area contributed by atoms with Crippen molar-refractivity contribution in [3.8, 4) is 0 Å². The minimum atomic E-state index is 0.128. The van der Waals surface area contributed by atoms with Crippen LogP contribution in [0.4, 0.5) is 0 Å². The standard InChI is InChI=1S/C16H29NO3/c1-4-7-9-15-12-19-17-16(20-15)13(6-3)10-11-14(18)8-5-2/h13,15H,4-12H2,1-3H3. The van der Waals surface area contributed by atoms with Gasteiger partial charge in [0.05, 0.1) is 0 Å². The van der Waals surface area contributed by atoms with Crippen LogP contribution < -0.4 is 0 Å². The van der Waals surface area contributed by atoms with Crippen LogP contribution in [0.3, 0.4) is 0 Å². The molecule has 0 bridgehead atoms. The molecular weight excluding hydrogens is 254 g/mol. The predicted octanol–water partition coefficient (Wildman–Crippen LogP) is 4.08. The molecule has 0 aliphatic carbocycles. The van der Waals surface area contributed by atoms with E-state index in [1.54, 1.807) is 0 Å². The molecule has 116 valence electrons. The summed E-state index contributed by atoms with van der Waals surface area (Å²) in [5.41, 5.74) is 0. The molecule has 0 saturated carbocycles. The SMILES string of the molecule is CCCCC1CON=C(C(CC)CCC(=O)CCC)O1. The Kier molecular flexibility index (Phi) is 8.31. The number of ketones is 1. The van der Waals surface area contributed by atoms with Crippen LogP contribution in [0.1, 0.15) is 72.1 Å². The second-order valence-corrected chi connectivity index (χ2v) is 5.54. The molecule has 1 aliphatic heterocycles. The number of oxime groups is 1. The molecule has 4 heteroatoms. The first-order valence-corrected chi connectivity index (χ1v) is 8.09. The number of rotatable bonds is 10. The van der Waals surface area contributed by atoms with Crippen molar-refractivity contribution >= 4 is 11.7 Å². The third-order valence-corrected chi connectivity index (χ3v) is 3.72. The number of ether oxygens (including phenoxy) is 1. The fourth-order valence-corrected chi connectivity index (χ4v) is 2.40.